The maximum atomic E-state index is 13.0. The molecule has 0 spiro atoms. The molecule has 1 aromatic rings. The van der Waals surface area contributed by atoms with Gasteiger partial charge in [0.15, 0.2) is 11.6 Å². The van der Waals surface area contributed by atoms with E-state index in [9.17, 15) is 18.4 Å². The van der Waals surface area contributed by atoms with Crippen LogP contribution in [-0.4, -0.2) is 23.7 Å². The van der Waals surface area contributed by atoms with Gasteiger partial charge < -0.3 is 9.84 Å². The number of carboxylic acid groups (broad SMARTS) is 1. The van der Waals surface area contributed by atoms with Crippen LogP contribution in [0.5, 0.6) is 0 Å². The summed E-state index contributed by atoms with van der Waals surface area (Å²) in [6.07, 6.45) is 2.01. The van der Waals surface area contributed by atoms with Crippen molar-refractivity contribution in [1.82, 2.24) is 0 Å². The third-order valence-electron chi connectivity index (χ3n) is 2.01. The van der Waals surface area contributed by atoms with Crippen LogP contribution in [0.25, 0.3) is 6.08 Å². The van der Waals surface area contributed by atoms with E-state index in [1.807, 2.05) is 0 Å². The highest BCUT2D eigenvalue weighted by Crippen LogP contribution is 2.16. The molecule has 0 heterocycles. The summed E-state index contributed by atoms with van der Waals surface area (Å²) in [6, 6.07) is 1.26. The van der Waals surface area contributed by atoms with Crippen molar-refractivity contribution in [3.63, 3.8) is 0 Å². The summed E-state index contributed by atoms with van der Waals surface area (Å²) in [7, 11) is 0. The first-order valence-corrected chi connectivity index (χ1v) is 5.03. The molecular weight excluding hydrogens is 246 g/mol. The third-order valence-corrected chi connectivity index (χ3v) is 2.01. The van der Waals surface area contributed by atoms with Gasteiger partial charge in [0.25, 0.3) is 0 Å². The Labute approximate surface area is 101 Å². The number of aromatic carboxylic acids is 1. The highest BCUT2D eigenvalue weighted by Gasteiger charge is 2.13. The summed E-state index contributed by atoms with van der Waals surface area (Å²) in [4.78, 5) is 21.8. The highest BCUT2D eigenvalue weighted by molar-refractivity contribution is 5.94. The lowest BCUT2D eigenvalue weighted by Gasteiger charge is -2.02. The predicted octanol–water partition coefficient (Wildman–Crippen LogP) is 2.24. The van der Waals surface area contributed by atoms with Crippen LogP contribution in [0.15, 0.2) is 18.2 Å². The minimum Gasteiger partial charge on any atom is -0.478 e. The van der Waals surface area contributed by atoms with Gasteiger partial charge in [0.1, 0.15) is 0 Å². The van der Waals surface area contributed by atoms with Gasteiger partial charge in [-0.1, -0.05) is 0 Å². The molecule has 0 unspecified atom stereocenters. The van der Waals surface area contributed by atoms with Gasteiger partial charge in [0, 0.05) is 6.08 Å². The molecule has 0 amide bonds. The summed E-state index contributed by atoms with van der Waals surface area (Å²) in [5.41, 5.74) is -0.552. The van der Waals surface area contributed by atoms with Crippen LogP contribution in [-0.2, 0) is 9.53 Å². The number of rotatable bonds is 4. The number of carbonyl (C=O) groups excluding carboxylic acids is 1. The largest absolute Gasteiger partial charge is 0.478 e. The molecule has 0 saturated heterocycles. The number of hydrogen-bond donors (Lipinski definition) is 1. The van der Waals surface area contributed by atoms with E-state index in [-0.39, 0.29) is 12.2 Å². The topological polar surface area (TPSA) is 63.6 Å². The Bertz CT molecular complexity index is 509. The standard InChI is InChI=1S/C12H10F2O4/c1-2-18-11(15)4-3-7-5-9(13)10(14)6-8(7)12(16)17/h3-6H,2H2,1H3,(H,16,17). The molecule has 0 aliphatic carbocycles. The maximum Gasteiger partial charge on any atom is 0.336 e. The Morgan fingerprint density at radius 1 is 1.33 bits per heavy atom. The van der Waals surface area contributed by atoms with Crippen molar-refractivity contribution in [2.75, 3.05) is 6.61 Å². The monoisotopic (exact) mass is 256 g/mol. The second-order valence-corrected chi connectivity index (χ2v) is 3.24. The van der Waals surface area contributed by atoms with Gasteiger partial charge in [-0.05, 0) is 30.7 Å². The number of esters is 1. The zero-order valence-electron chi connectivity index (χ0n) is 9.44. The van der Waals surface area contributed by atoms with Crippen LogP contribution in [0.2, 0.25) is 0 Å². The number of halogens is 2. The van der Waals surface area contributed by atoms with Crippen LogP contribution in [0.1, 0.15) is 22.8 Å². The summed E-state index contributed by atoms with van der Waals surface area (Å²) in [6.45, 7) is 1.76. The Morgan fingerprint density at radius 2 is 1.94 bits per heavy atom. The van der Waals surface area contributed by atoms with Crippen LogP contribution in [0, 0.1) is 11.6 Å². The third kappa shape index (κ3) is 3.38. The molecule has 0 bridgehead atoms. The van der Waals surface area contributed by atoms with Gasteiger partial charge in [0.2, 0.25) is 0 Å². The molecule has 0 aliphatic rings. The molecule has 0 fully saturated rings. The fourth-order valence-corrected chi connectivity index (χ4v) is 1.23. The molecule has 0 aliphatic heterocycles. The van der Waals surface area contributed by atoms with E-state index in [0.29, 0.717) is 12.1 Å². The molecule has 0 aromatic heterocycles. The van der Waals surface area contributed by atoms with Crippen LogP contribution >= 0.6 is 0 Å². The summed E-state index contributed by atoms with van der Waals surface area (Å²) >= 11 is 0. The van der Waals surface area contributed by atoms with Crippen LogP contribution in [0.3, 0.4) is 0 Å². The van der Waals surface area contributed by atoms with Gasteiger partial charge in [-0.15, -0.1) is 0 Å². The van der Waals surface area contributed by atoms with Crippen LogP contribution in [0.4, 0.5) is 8.78 Å². The van der Waals surface area contributed by atoms with Gasteiger partial charge in [0.05, 0.1) is 12.2 Å². The van der Waals surface area contributed by atoms with Gasteiger partial charge in [-0.2, -0.15) is 0 Å². The van der Waals surface area contributed by atoms with Crippen molar-refractivity contribution in [3.05, 3.63) is 41.0 Å². The molecule has 1 N–H and O–H groups in total. The van der Waals surface area contributed by atoms with E-state index >= 15 is 0 Å². The van der Waals surface area contributed by atoms with Crippen LogP contribution < -0.4 is 0 Å². The van der Waals surface area contributed by atoms with E-state index in [1.54, 1.807) is 6.92 Å². The molecule has 1 rings (SSSR count). The van der Waals surface area contributed by atoms with E-state index in [1.165, 1.54) is 0 Å². The first-order valence-electron chi connectivity index (χ1n) is 5.03. The van der Waals surface area contributed by atoms with Crippen molar-refractivity contribution in [1.29, 1.82) is 0 Å². The maximum absolute atomic E-state index is 13.0. The summed E-state index contributed by atoms with van der Waals surface area (Å²) < 4.78 is 30.4. The first kappa shape index (κ1) is 13.8. The minimum absolute atomic E-state index is 0.116. The zero-order valence-corrected chi connectivity index (χ0v) is 9.44. The SMILES string of the molecule is CCOC(=O)C=Cc1cc(F)c(F)cc1C(=O)O. The summed E-state index contributed by atoms with van der Waals surface area (Å²) in [5.74, 6) is -4.57. The number of hydrogen-bond acceptors (Lipinski definition) is 3. The molecule has 4 nitrogen and oxygen atoms in total. The average molecular weight is 256 g/mol. The quantitative estimate of drug-likeness (QED) is 0.662. The predicted molar refractivity (Wildman–Crippen MR) is 59.0 cm³/mol. The molecule has 0 saturated carbocycles. The van der Waals surface area contributed by atoms with Crippen molar-refractivity contribution in [3.8, 4) is 0 Å². The molecule has 0 atom stereocenters. The Morgan fingerprint density at radius 3 is 2.50 bits per heavy atom. The van der Waals surface area contributed by atoms with E-state index < -0.39 is 29.1 Å². The second-order valence-electron chi connectivity index (χ2n) is 3.24. The molecular formula is C12H10F2O4. The number of ether oxygens (including phenoxy) is 1. The number of carboxylic acids is 1. The Hall–Kier alpha value is -2.24. The highest BCUT2D eigenvalue weighted by atomic mass is 19.2. The van der Waals surface area contributed by atoms with Crippen molar-refractivity contribution in [2.45, 2.75) is 6.92 Å². The normalized spacial score (nSPS) is 10.6. The Balaban J connectivity index is 3.11. The molecule has 18 heavy (non-hydrogen) atoms. The zero-order chi connectivity index (χ0) is 13.7. The first-order chi connectivity index (χ1) is 8.45. The molecule has 96 valence electrons. The second kappa shape index (κ2) is 5.90. The van der Waals surface area contributed by atoms with E-state index in [2.05, 4.69) is 4.74 Å². The summed E-state index contributed by atoms with van der Waals surface area (Å²) in [5, 5.41) is 8.81. The smallest absolute Gasteiger partial charge is 0.336 e. The molecule has 6 heteroatoms. The average Bonchev–Trinajstić information content (AvgIpc) is 2.30. The fourth-order valence-electron chi connectivity index (χ4n) is 1.23. The molecule has 1 aromatic carbocycles. The number of carbonyl (C=O) groups is 2. The van der Waals surface area contributed by atoms with E-state index in [4.69, 9.17) is 5.11 Å². The van der Waals surface area contributed by atoms with Gasteiger partial charge >= 0.3 is 11.9 Å². The van der Waals surface area contributed by atoms with Crippen molar-refractivity contribution < 1.29 is 28.2 Å². The van der Waals surface area contributed by atoms with Gasteiger partial charge in [-0.25, -0.2) is 18.4 Å². The van der Waals surface area contributed by atoms with Gasteiger partial charge in [-0.3, -0.25) is 0 Å². The fraction of sp³-hybridized carbons (Fsp3) is 0.167. The van der Waals surface area contributed by atoms with Crippen molar-refractivity contribution in [2.24, 2.45) is 0 Å². The lowest BCUT2D eigenvalue weighted by molar-refractivity contribution is -0.137. The molecule has 0 radical (unpaired) electrons. The van der Waals surface area contributed by atoms with E-state index in [0.717, 1.165) is 12.2 Å². The lowest BCUT2D eigenvalue weighted by Crippen LogP contribution is -2.03. The Kier molecular flexibility index (Phi) is 4.53. The lowest BCUT2D eigenvalue weighted by atomic mass is 10.1. The number of benzene rings is 1. The minimum atomic E-state index is -1.42. The van der Waals surface area contributed by atoms with Crippen molar-refractivity contribution >= 4 is 18.0 Å².